The second-order valence-electron chi connectivity index (χ2n) is 6.87. The van der Waals surface area contributed by atoms with Crippen LogP contribution in [-0.4, -0.2) is 39.7 Å². The Kier molecular flexibility index (Phi) is 9.39. The minimum Gasteiger partial charge on any atom is -0.363 e. The van der Waals surface area contributed by atoms with Crippen molar-refractivity contribution in [2.75, 3.05) is 24.5 Å². The van der Waals surface area contributed by atoms with E-state index < -0.39 is 0 Å². The SMILES string of the molecule is S=C(NCCCN(Cc1ccc(Cl)c(Cl)c1)c1ccc(Br)cn1)NCCc1cnc[nH]1. The van der Waals surface area contributed by atoms with E-state index in [9.17, 15) is 0 Å². The summed E-state index contributed by atoms with van der Waals surface area (Å²) in [6.07, 6.45) is 7.02. The largest absolute Gasteiger partial charge is 0.363 e. The summed E-state index contributed by atoms with van der Waals surface area (Å²) in [5.41, 5.74) is 2.15. The Morgan fingerprint density at radius 1 is 1.10 bits per heavy atom. The summed E-state index contributed by atoms with van der Waals surface area (Å²) in [6.45, 7) is 2.99. The van der Waals surface area contributed by atoms with Gasteiger partial charge in [0.1, 0.15) is 5.82 Å². The van der Waals surface area contributed by atoms with Gasteiger partial charge in [0.25, 0.3) is 0 Å². The summed E-state index contributed by atoms with van der Waals surface area (Å²) in [7, 11) is 0. The second-order valence-corrected chi connectivity index (χ2v) is 9.01. The van der Waals surface area contributed by atoms with E-state index in [0.29, 0.717) is 21.7 Å². The number of hydrogen-bond acceptors (Lipinski definition) is 4. The zero-order chi connectivity index (χ0) is 22.1. The lowest BCUT2D eigenvalue weighted by Crippen LogP contribution is -2.38. The molecule has 0 aliphatic rings. The van der Waals surface area contributed by atoms with E-state index in [1.165, 1.54) is 0 Å². The summed E-state index contributed by atoms with van der Waals surface area (Å²) in [5.74, 6) is 0.898. The molecular weight excluding hydrogens is 519 g/mol. The van der Waals surface area contributed by atoms with Crippen molar-refractivity contribution in [1.82, 2.24) is 25.6 Å². The maximum absolute atomic E-state index is 6.19. The number of aromatic nitrogens is 3. The molecule has 0 radical (unpaired) electrons. The Balaban J connectivity index is 1.49. The molecule has 0 atom stereocenters. The molecule has 0 bridgehead atoms. The number of thiocarbonyl (C=S) groups is 1. The molecule has 2 aromatic heterocycles. The normalized spacial score (nSPS) is 10.7. The van der Waals surface area contributed by atoms with E-state index in [0.717, 1.165) is 54.0 Å². The number of rotatable bonds is 10. The number of hydrogen-bond donors (Lipinski definition) is 3. The molecule has 0 aliphatic heterocycles. The van der Waals surface area contributed by atoms with Crippen molar-refractivity contribution in [3.63, 3.8) is 0 Å². The molecule has 2 heterocycles. The van der Waals surface area contributed by atoms with Crippen molar-refractivity contribution in [3.05, 3.63) is 74.8 Å². The van der Waals surface area contributed by atoms with Gasteiger partial charge >= 0.3 is 0 Å². The number of H-pyrrole nitrogens is 1. The quantitative estimate of drug-likeness (QED) is 0.248. The van der Waals surface area contributed by atoms with Gasteiger partial charge in [0.15, 0.2) is 5.11 Å². The van der Waals surface area contributed by atoms with Crippen LogP contribution in [0.15, 0.2) is 53.5 Å². The molecule has 0 fully saturated rings. The molecule has 0 amide bonds. The maximum Gasteiger partial charge on any atom is 0.166 e. The number of aromatic amines is 1. The Morgan fingerprint density at radius 2 is 1.94 bits per heavy atom. The van der Waals surface area contributed by atoms with Gasteiger partial charge in [-0.05, 0) is 64.4 Å². The number of nitrogens with one attached hydrogen (secondary N) is 3. The minimum absolute atomic E-state index is 0.552. The highest BCUT2D eigenvalue weighted by atomic mass is 79.9. The summed E-state index contributed by atoms with van der Waals surface area (Å²) in [5, 5.41) is 8.23. The standard InChI is InChI=1S/C21H23BrCl2N6S/c22-16-3-5-20(28-11-16)30(13-15-2-4-18(23)19(24)10-15)9-1-7-26-21(31)27-8-6-17-12-25-14-29-17/h2-5,10-12,14H,1,6-9,13H2,(H,25,29)(H2,26,27,31). The van der Waals surface area contributed by atoms with Crippen LogP contribution in [0.2, 0.25) is 10.0 Å². The van der Waals surface area contributed by atoms with Crippen molar-refractivity contribution < 1.29 is 0 Å². The average molecular weight is 542 g/mol. The third-order valence-electron chi connectivity index (χ3n) is 4.52. The predicted molar refractivity (Wildman–Crippen MR) is 135 cm³/mol. The van der Waals surface area contributed by atoms with Gasteiger partial charge < -0.3 is 20.5 Å². The van der Waals surface area contributed by atoms with Gasteiger partial charge in [-0.15, -0.1) is 0 Å². The molecule has 3 aromatic rings. The van der Waals surface area contributed by atoms with E-state index >= 15 is 0 Å². The fourth-order valence-electron chi connectivity index (χ4n) is 2.95. The van der Waals surface area contributed by atoms with Gasteiger partial charge in [0.2, 0.25) is 0 Å². The van der Waals surface area contributed by atoms with Crippen LogP contribution in [0, 0.1) is 0 Å². The smallest absolute Gasteiger partial charge is 0.166 e. The summed E-state index contributed by atoms with van der Waals surface area (Å²) in [6, 6.07) is 9.68. The molecule has 0 spiro atoms. The van der Waals surface area contributed by atoms with Crippen molar-refractivity contribution in [1.29, 1.82) is 0 Å². The third kappa shape index (κ3) is 7.96. The van der Waals surface area contributed by atoms with E-state index in [1.807, 2.05) is 36.5 Å². The number of anilines is 1. The Morgan fingerprint density at radius 3 is 2.65 bits per heavy atom. The van der Waals surface area contributed by atoms with E-state index in [4.69, 9.17) is 35.4 Å². The molecule has 3 rings (SSSR count). The van der Waals surface area contributed by atoms with Crippen LogP contribution < -0.4 is 15.5 Å². The molecule has 1 aromatic carbocycles. The number of halogens is 3. The van der Waals surface area contributed by atoms with Gasteiger partial charge in [-0.2, -0.15) is 0 Å². The number of pyridine rings is 1. The molecule has 164 valence electrons. The first-order chi connectivity index (χ1) is 15.0. The Hall–Kier alpha value is -1.87. The lowest BCUT2D eigenvalue weighted by atomic mass is 10.2. The van der Waals surface area contributed by atoms with Crippen LogP contribution >= 0.6 is 51.3 Å². The first kappa shape index (κ1) is 23.8. The topological polar surface area (TPSA) is 68.9 Å². The fraction of sp³-hybridized carbons (Fsp3) is 0.286. The third-order valence-corrected chi connectivity index (χ3v) is 6.02. The molecule has 0 saturated heterocycles. The monoisotopic (exact) mass is 540 g/mol. The van der Waals surface area contributed by atoms with Crippen molar-refractivity contribution in [3.8, 4) is 0 Å². The highest BCUT2D eigenvalue weighted by Crippen LogP contribution is 2.24. The molecule has 0 saturated carbocycles. The number of benzene rings is 1. The van der Waals surface area contributed by atoms with E-state index in [1.54, 1.807) is 12.5 Å². The van der Waals surface area contributed by atoms with Crippen LogP contribution in [0.1, 0.15) is 17.7 Å². The summed E-state index contributed by atoms with van der Waals surface area (Å²) in [4.78, 5) is 13.8. The van der Waals surface area contributed by atoms with Crippen LogP contribution in [0.4, 0.5) is 5.82 Å². The van der Waals surface area contributed by atoms with Crippen LogP contribution in [-0.2, 0) is 13.0 Å². The van der Waals surface area contributed by atoms with Gasteiger partial charge in [-0.3, -0.25) is 0 Å². The van der Waals surface area contributed by atoms with Crippen LogP contribution in [0.5, 0.6) is 0 Å². The van der Waals surface area contributed by atoms with Crippen molar-refractivity contribution >= 4 is 62.3 Å². The first-order valence-corrected chi connectivity index (χ1v) is 11.8. The molecule has 31 heavy (non-hydrogen) atoms. The van der Waals surface area contributed by atoms with Crippen molar-refractivity contribution in [2.24, 2.45) is 0 Å². The summed E-state index contributed by atoms with van der Waals surface area (Å²) < 4.78 is 0.943. The zero-order valence-corrected chi connectivity index (χ0v) is 20.7. The molecule has 6 nitrogen and oxygen atoms in total. The van der Waals surface area contributed by atoms with Crippen molar-refractivity contribution in [2.45, 2.75) is 19.4 Å². The highest BCUT2D eigenvalue weighted by Gasteiger charge is 2.10. The van der Waals surface area contributed by atoms with Crippen LogP contribution in [0.25, 0.3) is 0 Å². The van der Waals surface area contributed by atoms with E-state index in [2.05, 4.69) is 46.4 Å². The Bertz CT molecular complexity index is 969. The minimum atomic E-state index is 0.552. The Labute approximate surface area is 205 Å². The van der Waals surface area contributed by atoms with Gasteiger partial charge in [-0.1, -0.05) is 29.3 Å². The molecule has 10 heteroatoms. The maximum atomic E-state index is 6.19. The molecule has 3 N–H and O–H groups in total. The lowest BCUT2D eigenvalue weighted by Gasteiger charge is -2.24. The summed E-state index contributed by atoms with van der Waals surface area (Å²) >= 11 is 21.0. The van der Waals surface area contributed by atoms with Gasteiger partial charge in [0, 0.05) is 55.2 Å². The number of imidazole rings is 1. The number of nitrogens with zero attached hydrogens (tertiary/aromatic N) is 3. The van der Waals surface area contributed by atoms with Gasteiger partial charge in [-0.25, -0.2) is 9.97 Å². The lowest BCUT2D eigenvalue weighted by molar-refractivity contribution is 0.695. The molecule has 0 unspecified atom stereocenters. The molecule has 0 aliphatic carbocycles. The van der Waals surface area contributed by atoms with E-state index in [-0.39, 0.29) is 0 Å². The fourth-order valence-corrected chi connectivity index (χ4v) is 3.71. The molecular formula is C21H23BrCl2N6S. The van der Waals surface area contributed by atoms with Crippen LogP contribution in [0.3, 0.4) is 0 Å². The second kappa shape index (κ2) is 12.2. The zero-order valence-electron chi connectivity index (χ0n) is 16.7. The van der Waals surface area contributed by atoms with Gasteiger partial charge in [0.05, 0.1) is 16.4 Å². The highest BCUT2D eigenvalue weighted by molar-refractivity contribution is 9.10. The first-order valence-electron chi connectivity index (χ1n) is 9.80. The predicted octanol–water partition coefficient (Wildman–Crippen LogP) is 4.98. The average Bonchev–Trinajstić information content (AvgIpc) is 3.27.